The maximum absolute atomic E-state index is 13.1. The Kier molecular flexibility index (Phi) is 6.19. The molecule has 4 aromatic rings. The summed E-state index contributed by atoms with van der Waals surface area (Å²) in [7, 11) is 0. The number of anilines is 1. The number of likely N-dealkylation sites (tertiary alicyclic amines) is 1. The number of aryl methyl sites for hydroxylation is 1. The summed E-state index contributed by atoms with van der Waals surface area (Å²) < 4.78 is 3.28. The summed E-state index contributed by atoms with van der Waals surface area (Å²) in [4.78, 5) is 30.7. The number of nitrogens with one attached hydrogen (secondary N) is 2. The number of rotatable bonds is 5. The Morgan fingerprint density at radius 1 is 1.20 bits per heavy atom. The topological polar surface area (TPSA) is 117 Å². The lowest BCUT2D eigenvalue weighted by molar-refractivity contribution is 0.160. The van der Waals surface area contributed by atoms with Crippen molar-refractivity contribution in [3.05, 3.63) is 72.4 Å². The number of imidazole rings is 1. The number of nitrogens with zero attached hydrogens (tertiary/aromatic N) is 5. The van der Waals surface area contributed by atoms with Gasteiger partial charge in [0.15, 0.2) is 0 Å². The van der Waals surface area contributed by atoms with Crippen LogP contribution in [0.4, 0.5) is 15.3 Å². The molecule has 0 aliphatic carbocycles. The van der Waals surface area contributed by atoms with E-state index in [4.69, 9.17) is 5.11 Å². The van der Waals surface area contributed by atoms with Crippen LogP contribution in [0.2, 0.25) is 0 Å². The van der Waals surface area contributed by atoms with E-state index in [-0.39, 0.29) is 12.1 Å². The van der Waals surface area contributed by atoms with Crippen LogP contribution >= 0.6 is 0 Å². The molecule has 1 aliphatic heterocycles. The first kappa shape index (κ1) is 22.6. The molecule has 1 atom stereocenters. The Morgan fingerprint density at radius 3 is 2.86 bits per heavy atom. The van der Waals surface area contributed by atoms with Gasteiger partial charge in [0.05, 0.1) is 23.7 Å². The van der Waals surface area contributed by atoms with E-state index in [1.807, 2.05) is 54.1 Å². The quantitative estimate of drug-likeness (QED) is 0.405. The van der Waals surface area contributed by atoms with Gasteiger partial charge in [-0.15, -0.1) is 0 Å². The molecule has 2 amide bonds. The molecular weight excluding hydrogens is 446 g/mol. The fourth-order valence-electron chi connectivity index (χ4n) is 4.61. The van der Waals surface area contributed by atoms with E-state index in [0.29, 0.717) is 18.8 Å². The number of para-hydroxylation sites is 1. The lowest BCUT2D eigenvalue weighted by Gasteiger charge is -2.32. The van der Waals surface area contributed by atoms with E-state index in [2.05, 4.69) is 31.7 Å². The van der Waals surface area contributed by atoms with Gasteiger partial charge in [-0.25, -0.2) is 14.6 Å². The number of carbonyl (C=O) groups excluding carboxylic acids is 1. The summed E-state index contributed by atoms with van der Waals surface area (Å²) in [6.45, 7) is 4.08. The number of piperidine rings is 1. The van der Waals surface area contributed by atoms with Gasteiger partial charge in [-0.2, -0.15) is 9.78 Å². The van der Waals surface area contributed by atoms with Crippen molar-refractivity contribution in [2.45, 2.75) is 32.4 Å². The Morgan fingerprint density at radius 2 is 2.06 bits per heavy atom. The van der Waals surface area contributed by atoms with E-state index in [1.165, 1.54) is 4.68 Å². The minimum absolute atomic E-state index is 0.0898. The lowest BCUT2D eigenvalue weighted by Crippen LogP contribution is -2.46. The van der Waals surface area contributed by atoms with Gasteiger partial charge in [0.1, 0.15) is 0 Å². The van der Waals surface area contributed by atoms with Crippen LogP contribution in [0.3, 0.4) is 0 Å². The number of carboxylic acid groups (broad SMARTS) is 1. The molecule has 0 radical (unpaired) electrons. The van der Waals surface area contributed by atoms with E-state index in [1.54, 1.807) is 12.5 Å². The molecule has 1 saturated heterocycles. The zero-order valence-electron chi connectivity index (χ0n) is 19.4. The van der Waals surface area contributed by atoms with Gasteiger partial charge < -0.3 is 20.3 Å². The van der Waals surface area contributed by atoms with Gasteiger partial charge in [0.25, 0.3) is 0 Å². The van der Waals surface area contributed by atoms with Crippen molar-refractivity contribution in [1.82, 2.24) is 29.5 Å². The molecule has 1 unspecified atom stereocenters. The number of amides is 2. The SMILES string of the molecule is Cc1cn(-c2cc(CN3CCCC(NC(=O)O)C3)cc(NC(=O)n3ncc4ccccc43)c2)cn1. The highest BCUT2D eigenvalue weighted by Gasteiger charge is 2.22. The number of fused-ring (bicyclic) bond motifs is 1. The molecule has 1 aliphatic rings. The molecule has 2 aromatic heterocycles. The number of carbonyl (C=O) groups is 2. The average molecular weight is 474 g/mol. The van der Waals surface area contributed by atoms with Crippen molar-refractivity contribution in [3.63, 3.8) is 0 Å². The molecule has 2 aromatic carbocycles. The van der Waals surface area contributed by atoms with Crippen molar-refractivity contribution in [1.29, 1.82) is 0 Å². The molecule has 10 heteroatoms. The van der Waals surface area contributed by atoms with E-state index < -0.39 is 6.09 Å². The Labute approximate surface area is 202 Å². The van der Waals surface area contributed by atoms with Gasteiger partial charge in [-0.05, 0) is 56.1 Å². The standard InChI is InChI=1S/C25H27N7O3/c1-17-13-31(16-26-17)22-10-18(14-30-8-4-6-20(15-30)29-25(34)35)9-21(11-22)28-24(33)32-23-7-3-2-5-19(23)12-27-32/h2-3,5,7,9-13,16,20,29H,4,6,8,14-15H2,1H3,(H,28,33)(H,34,35). The molecule has 5 rings (SSSR count). The predicted octanol–water partition coefficient (Wildman–Crippen LogP) is 3.84. The molecule has 3 N–H and O–H groups in total. The first-order valence-electron chi connectivity index (χ1n) is 11.6. The first-order chi connectivity index (χ1) is 16.9. The van der Waals surface area contributed by atoms with Crippen LogP contribution in [0.15, 0.2) is 61.2 Å². The monoisotopic (exact) mass is 473 g/mol. The fraction of sp³-hybridized carbons (Fsp3) is 0.280. The second kappa shape index (κ2) is 9.59. The smallest absolute Gasteiger partial charge is 0.404 e. The van der Waals surface area contributed by atoms with Crippen molar-refractivity contribution in [2.24, 2.45) is 0 Å². The normalized spacial score (nSPS) is 16.3. The zero-order valence-corrected chi connectivity index (χ0v) is 19.4. The third-order valence-electron chi connectivity index (χ3n) is 6.15. The van der Waals surface area contributed by atoms with Crippen molar-refractivity contribution >= 4 is 28.7 Å². The second-order valence-electron chi connectivity index (χ2n) is 8.88. The number of benzene rings is 2. The van der Waals surface area contributed by atoms with Crippen LogP contribution in [0.25, 0.3) is 16.6 Å². The minimum Gasteiger partial charge on any atom is -0.465 e. The Balaban J connectivity index is 1.41. The summed E-state index contributed by atoms with van der Waals surface area (Å²) in [6.07, 6.45) is 6.10. The van der Waals surface area contributed by atoms with Crippen LogP contribution < -0.4 is 10.6 Å². The molecule has 180 valence electrons. The van der Waals surface area contributed by atoms with E-state index in [0.717, 1.165) is 47.2 Å². The van der Waals surface area contributed by atoms with Gasteiger partial charge in [0, 0.05) is 42.1 Å². The first-order valence-corrected chi connectivity index (χ1v) is 11.6. The summed E-state index contributed by atoms with van der Waals surface area (Å²) in [5, 5.41) is 19.8. The van der Waals surface area contributed by atoms with Gasteiger partial charge in [-0.1, -0.05) is 18.2 Å². The molecule has 1 fully saturated rings. The summed E-state index contributed by atoms with van der Waals surface area (Å²) in [5.41, 5.74) is 4.15. The second-order valence-corrected chi connectivity index (χ2v) is 8.88. The van der Waals surface area contributed by atoms with Gasteiger partial charge in [0.2, 0.25) is 0 Å². The van der Waals surface area contributed by atoms with Crippen molar-refractivity contribution in [3.8, 4) is 5.69 Å². The molecule has 3 heterocycles. The Bertz CT molecular complexity index is 1380. The van der Waals surface area contributed by atoms with Crippen LogP contribution in [0, 0.1) is 6.92 Å². The molecule has 0 saturated carbocycles. The van der Waals surface area contributed by atoms with Gasteiger partial charge in [-0.3, -0.25) is 4.90 Å². The third-order valence-corrected chi connectivity index (χ3v) is 6.15. The molecule has 10 nitrogen and oxygen atoms in total. The van der Waals surface area contributed by atoms with Crippen LogP contribution in [-0.2, 0) is 6.54 Å². The highest BCUT2D eigenvalue weighted by molar-refractivity contribution is 5.97. The predicted molar refractivity (Wildman–Crippen MR) is 132 cm³/mol. The molecule has 0 spiro atoms. The summed E-state index contributed by atoms with van der Waals surface area (Å²) >= 11 is 0. The van der Waals surface area contributed by atoms with Crippen LogP contribution in [0.5, 0.6) is 0 Å². The zero-order chi connectivity index (χ0) is 24.4. The maximum atomic E-state index is 13.1. The van der Waals surface area contributed by atoms with E-state index in [9.17, 15) is 9.59 Å². The Hall–Kier alpha value is -4.18. The van der Waals surface area contributed by atoms with Crippen molar-refractivity contribution < 1.29 is 14.7 Å². The van der Waals surface area contributed by atoms with Crippen LogP contribution in [-0.4, -0.2) is 60.6 Å². The van der Waals surface area contributed by atoms with Crippen LogP contribution in [0.1, 0.15) is 24.1 Å². The molecule has 35 heavy (non-hydrogen) atoms. The minimum atomic E-state index is -0.995. The highest BCUT2D eigenvalue weighted by atomic mass is 16.4. The summed E-state index contributed by atoms with van der Waals surface area (Å²) in [5.74, 6) is 0. The number of hydrogen-bond donors (Lipinski definition) is 3. The number of aromatic nitrogens is 4. The van der Waals surface area contributed by atoms with E-state index >= 15 is 0 Å². The largest absolute Gasteiger partial charge is 0.465 e. The average Bonchev–Trinajstić information content (AvgIpc) is 3.45. The third kappa shape index (κ3) is 5.17. The number of hydrogen-bond acceptors (Lipinski definition) is 5. The highest BCUT2D eigenvalue weighted by Crippen LogP contribution is 2.23. The maximum Gasteiger partial charge on any atom is 0.404 e. The van der Waals surface area contributed by atoms with Gasteiger partial charge >= 0.3 is 12.1 Å². The lowest BCUT2D eigenvalue weighted by atomic mass is 10.0. The fourth-order valence-corrected chi connectivity index (χ4v) is 4.61. The summed E-state index contributed by atoms with van der Waals surface area (Å²) in [6, 6.07) is 13.0. The molecular formula is C25H27N7O3. The molecule has 0 bridgehead atoms. The van der Waals surface area contributed by atoms with Crippen molar-refractivity contribution in [2.75, 3.05) is 18.4 Å².